The average molecular weight is 490 g/mol. The van der Waals surface area contributed by atoms with E-state index in [1.807, 2.05) is 6.07 Å². The maximum atomic E-state index is 12.7. The van der Waals surface area contributed by atoms with Crippen LogP contribution in [0.5, 0.6) is 0 Å². The molecule has 3 aromatic rings. The number of amides is 1. The van der Waals surface area contributed by atoms with Crippen molar-refractivity contribution in [3.05, 3.63) is 76.5 Å². The summed E-state index contributed by atoms with van der Waals surface area (Å²) in [5.74, 6) is -2.39. The van der Waals surface area contributed by atoms with Crippen LogP contribution < -0.4 is 5.32 Å². The molecule has 0 saturated heterocycles. The zero-order valence-electron chi connectivity index (χ0n) is 18.8. The Morgan fingerprint density at radius 2 is 1.66 bits per heavy atom. The molecule has 0 bridgehead atoms. The van der Waals surface area contributed by atoms with E-state index in [1.54, 1.807) is 55.5 Å². The van der Waals surface area contributed by atoms with Crippen LogP contribution in [0.15, 0.2) is 62.7 Å². The number of hydrogen-bond donors (Lipinski definition) is 1. The van der Waals surface area contributed by atoms with Crippen LogP contribution in [-0.4, -0.2) is 31.1 Å². The Morgan fingerprint density at radius 3 is 2.34 bits per heavy atom. The highest BCUT2D eigenvalue weighted by Gasteiger charge is 2.26. The molecule has 0 saturated carbocycles. The van der Waals surface area contributed by atoms with Gasteiger partial charge in [-0.15, -0.1) is 0 Å². The number of ether oxygens (including phenoxy) is 2. The van der Waals surface area contributed by atoms with E-state index >= 15 is 0 Å². The van der Waals surface area contributed by atoms with Crippen molar-refractivity contribution in [2.75, 3.05) is 18.5 Å². The largest absolute Gasteiger partial charge is 0.462 e. The molecule has 176 valence electrons. The van der Waals surface area contributed by atoms with Crippen molar-refractivity contribution in [3.8, 4) is 12.1 Å². The number of benzene rings is 2. The molecule has 2 aromatic carbocycles. The van der Waals surface area contributed by atoms with Gasteiger partial charge in [-0.25, -0.2) is 9.59 Å². The van der Waals surface area contributed by atoms with Crippen molar-refractivity contribution in [2.45, 2.75) is 23.6 Å². The lowest BCUT2D eigenvalue weighted by Gasteiger charge is -2.10. The lowest BCUT2D eigenvalue weighted by Crippen LogP contribution is -2.21. The third kappa shape index (κ3) is 5.88. The number of carbonyl (C=O) groups is 3. The van der Waals surface area contributed by atoms with Gasteiger partial charge in [-0.1, -0.05) is 36.0 Å². The Kier molecular flexibility index (Phi) is 8.28. The zero-order chi connectivity index (χ0) is 25.4. The SMILES string of the molecule is CCOC(=O)c1c(C)oc(NC(=O)COC(=O)c2ccccc2Sc2ccccc2C#N)c1C#N. The first-order valence-corrected chi connectivity index (χ1v) is 11.1. The van der Waals surface area contributed by atoms with Crippen LogP contribution in [0.1, 0.15) is 44.5 Å². The van der Waals surface area contributed by atoms with Crippen LogP contribution in [0, 0.1) is 29.6 Å². The maximum Gasteiger partial charge on any atom is 0.343 e. The summed E-state index contributed by atoms with van der Waals surface area (Å²) in [4.78, 5) is 38.4. The molecule has 3 rings (SSSR count). The molecule has 35 heavy (non-hydrogen) atoms. The fraction of sp³-hybridized carbons (Fsp3) is 0.160. The van der Waals surface area contributed by atoms with Crippen molar-refractivity contribution in [2.24, 2.45) is 0 Å². The van der Waals surface area contributed by atoms with Gasteiger partial charge in [0.1, 0.15) is 29.0 Å². The number of aryl methyl sites for hydroxylation is 1. The molecule has 0 aliphatic heterocycles. The van der Waals surface area contributed by atoms with Crippen molar-refractivity contribution >= 4 is 35.5 Å². The third-order valence-corrected chi connectivity index (χ3v) is 5.75. The monoisotopic (exact) mass is 489 g/mol. The fourth-order valence-corrected chi connectivity index (χ4v) is 4.07. The van der Waals surface area contributed by atoms with E-state index in [9.17, 15) is 24.9 Å². The zero-order valence-corrected chi connectivity index (χ0v) is 19.6. The predicted molar refractivity (Wildman–Crippen MR) is 125 cm³/mol. The van der Waals surface area contributed by atoms with Crippen LogP contribution in [0.2, 0.25) is 0 Å². The molecular weight excluding hydrogens is 470 g/mol. The van der Waals surface area contributed by atoms with Gasteiger partial charge < -0.3 is 13.9 Å². The Bertz CT molecular complexity index is 1370. The number of nitrogens with zero attached hydrogens (tertiary/aromatic N) is 2. The molecule has 0 aliphatic carbocycles. The third-order valence-electron chi connectivity index (χ3n) is 4.60. The van der Waals surface area contributed by atoms with Crippen LogP contribution in [0.4, 0.5) is 5.88 Å². The Hall–Kier alpha value is -4.54. The van der Waals surface area contributed by atoms with Gasteiger partial charge in [0.15, 0.2) is 6.61 Å². The van der Waals surface area contributed by atoms with E-state index in [1.165, 1.54) is 18.7 Å². The van der Waals surface area contributed by atoms with Gasteiger partial charge in [0.25, 0.3) is 5.91 Å². The summed E-state index contributed by atoms with van der Waals surface area (Å²) in [6.45, 7) is 2.52. The topological polar surface area (TPSA) is 142 Å². The molecule has 0 radical (unpaired) electrons. The minimum atomic E-state index is -0.765. The summed E-state index contributed by atoms with van der Waals surface area (Å²) in [6.07, 6.45) is 0. The average Bonchev–Trinajstić information content (AvgIpc) is 3.17. The first kappa shape index (κ1) is 25.1. The molecule has 0 unspecified atom stereocenters. The van der Waals surface area contributed by atoms with Crippen molar-refractivity contribution in [1.82, 2.24) is 0 Å². The highest BCUT2D eigenvalue weighted by molar-refractivity contribution is 7.99. The number of hydrogen-bond acceptors (Lipinski definition) is 9. The van der Waals surface area contributed by atoms with Crippen LogP contribution in [-0.2, 0) is 14.3 Å². The van der Waals surface area contributed by atoms with Gasteiger partial charge in [-0.3, -0.25) is 10.1 Å². The molecule has 9 nitrogen and oxygen atoms in total. The van der Waals surface area contributed by atoms with Gasteiger partial charge in [0.2, 0.25) is 5.88 Å². The van der Waals surface area contributed by atoms with Crippen LogP contribution in [0.25, 0.3) is 0 Å². The van der Waals surface area contributed by atoms with Gasteiger partial charge in [0.05, 0.1) is 17.7 Å². The minimum Gasteiger partial charge on any atom is -0.462 e. The van der Waals surface area contributed by atoms with E-state index in [2.05, 4.69) is 11.4 Å². The Balaban J connectivity index is 1.70. The normalized spacial score (nSPS) is 10.1. The molecule has 0 spiro atoms. The van der Waals surface area contributed by atoms with Crippen molar-refractivity contribution in [1.29, 1.82) is 10.5 Å². The summed E-state index contributed by atoms with van der Waals surface area (Å²) in [5, 5.41) is 21.1. The molecule has 1 amide bonds. The lowest BCUT2D eigenvalue weighted by atomic mass is 10.1. The number of carbonyl (C=O) groups excluding carboxylic acids is 3. The molecule has 1 heterocycles. The van der Waals surface area contributed by atoms with Gasteiger partial charge >= 0.3 is 11.9 Å². The highest BCUT2D eigenvalue weighted by Crippen LogP contribution is 2.33. The molecular formula is C25H19N3O6S. The lowest BCUT2D eigenvalue weighted by molar-refractivity contribution is -0.119. The second-order valence-corrected chi connectivity index (χ2v) is 7.98. The molecule has 0 fully saturated rings. The number of esters is 2. The fourth-order valence-electron chi connectivity index (χ4n) is 3.05. The number of furan rings is 1. The summed E-state index contributed by atoms with van der Waals surface area (Å²) >= 11 is 1.23. The van der Waals surface area contributed by atoms with E-state index in [0.717, 1.165) is 0 Å². The minimum absolute atomic E-state index is 0.0785. The standard InChI is InChI=1S/C25H19N3O6S/c1-3-32-25(31)22-15(2)34-23(18(22)13-27)28-21(29)14-33-24(30)17-9-5-7-11-20(17)35-19-10-6-4-8-16(19)12-26/h4-11H,3,14H2,1-2H3,(H,28,29). The summed E-state index contributed by atoms with van der Waals surface area (Å²) < 4.78 is 15.4. The van der Waals surface area contributed by atoms with Gasteiger partial charge in [0, 0.05) is 9.79 Å². The highest BCUT2D eigenvalue weighted by atomic mass is 32.2. The second-order valence-electron chi connectivity index (χ2n) is 6.90. The number of nitrogens with one attached hydrogen (secondary N) is 1. The molecule has 0 atom stereocenters. The quantitative estimate of drug-likeness (QED) is 0.454. The Labute approximate surface area is 205 Å². The van der Waals surface area contributed by atoms with Crippen LogP contribution in [0.3, 0.4) is 0 Å². The summed E-state index contributed by atoms with van der Waals surface area (Å²) in [7, 11) is 0. The van der Waals surface area contributed by atoms with Crippen molar-refractivity contribution in [3.63, 3.8) is 0 Å². The number of rotatable bonds is 8. The molecule has 10 heteroatoms. The number of anilines is 1. The molecule has 0 aliphatic rings. The smallest absolute Gasteiger partial charge is 0.343 e. The molecule has 1 N–H and O–H groups in total. The van der Waals surface area contributed by atoms with Crippen LogP contribution >= 0.6 is 11.8 Å². The maximum absolute atomic E-state index is 12.7. The van der Waals surface area contributed by atoms with Crippen molar-refractivity contribution < 1.29 is 28.3 Å². The molecule has 1 aromatic heterocycles. The van der Waals surface area contributed by atoms with E-state index in [-0.39, 0.29) is 34.9 Å². The predicted octanol–water partition coefficient (Wildman–Crippen LogP) is 4.45. The summed E-state index contributed by atoms with van der Waals surface area (Å²) in [6, 6.07) is 17.5. The second kappa shape index (κ2) is 11.5. The van der Waals surface area contributed by atoms with E-state index in [4.69, 9.17) is 13.9 Å². The summed E-state index contributed by atoms with van der Waals surface area (Å²) in [5.41, 5.74) is 0.419. The van der Waals surface area contributed by atoms with Gasteiger partial charge in [-0.05, 0) is 38.1 Å². The Morgan fingerprint density at radius 1 is 0.971 bits per heavy atom. The van der Waals surface area contributed by atoms with E-state index in [0.29, 0.717) is 15.4 Å². The van der Waals surface area contributed by atoms with E-state index < -0.39 is 24.5 Å². The number of nitriles is 2. The first-order valence-electron chi connectivity index (χ1n) is 10.3. The first-order chi connectivity index (χ1) is 16.9. The van der Waals surface area contributed by atoms with Gasteiger partial charge in [-0.2, -0.15) is 10.5 Å².